The Bertz CT molecular complexity index is 717. The number of hydrogen-bond donors (Lipinski definition) is 2. The van der Waals surface area contributed by atoms with Gasteiger partial charge in [-0.25, -0.2) is 0 Å². The number of Topliss-reactive ketones (excluding diaryl/α,β-unsaturated/α-hetero) is 1. The predicted molar refractivity (Wildman–Crippen MR) is 119 cm³/mol. The minimum absolute atomic E-state index is 0.0706. The molecule has 0 unspecified atom stereocenters. The van der Waals surface area contributed by atoms with E-state index >= 15 is 0 Å². The lowest BCUT2D eigenvalue weighted by Crippen LogP contribution is -2.55. The van der Waals surface area contributed by atoms with Crippen molar-refractivity contribution in [3.05, 3.63) is 0 Å². The summed E-state index contributed by atoms with van der Waals surface area (Å²) in [5, 5.41) is 22.0. The van der Waals surface area contributed by atoms with Gasteiger partial charge in [-0.15, -0.1) is 0 Å². The molecule has 5 aliphatic rings. The average molecular weight is 417 g/mol. The number of aliphatic hydroxyl groups is 2. The van der Waals surface area contributed by atoms with Gasteiger partial charge in [0.2, 0.25) is 0 Å². The quantitative estimate of drug-likeness (QED) is 0.648. The summed E-state index contributed by atoms with van der Waals surface area (Å²) in [6.07, 6.45) is 9.19. The first-order valence-electron chi connectivity index (χ1n) is 13.0. The minimum Gasteiger partial charge on any atom is -0.393 e. The summed E-state index contributed by atoms with van der Waals surface area (Å²) in [7, 11) is 0. The van der Waals surface area contributed by atoms with E-state index in [2.05, 4.69) is 34.6 Å². The third-order valence-electron chi connectivity index (χ3n) is 11.2. The molecule has 0 amide bonds. The molecule has 3 nitrogen and oxygen atoms in total. The van der Waals surface area contributed by atoms with Crippen LogP contribution in [0.2, 0.25) is 0 Å². The number of fused-ring (bicyclic) bond motifs is 7. The van der Waals surface area contributed by atoms with Gasteiger partial charge in [0.1, 0.15) is 5.78 Å². The first-order valence-corrected chi connectivity index (χ1v) is 13.0. The summed E-state index contributed by atoms with van der Waals surface area (Å²) in [5.41, 5.74) is -0.427. The van der Waals surface area contributed by atoms with Gasteiger partial charge in [0.25, 0.3) is 0 Å². The highest BCUT2D eigenvalue weighted by atomic mass is 16.3. The third-order valence-corrected chi connectivity index (χ3v) is 11.2. The fraction of sp³-hybridized carbons (Fsp3) is 0.963. The Morgan fingerprint density at radius 2 is 1.73 bits per heavy atom. The van der Waals surface area contributed by atoms with E-state index in [1.165, 1.54) is 12.8 Å². The van der Waals surface area contributed by atoms with Gasteiger partial charge in [0.15, 0.2) is 0 Å². The molecule has 5 aliphatic carbocycles. The Balaban J connectivity index is 1.50. The lowest BCUT2D eigenvalue weighted by molar-refractivity contribution is -0.149. The molecule has 170 valence electrons. The van der Waals surface area contributed by atoms with E-state index in [0.29, 0.717) is 46.7 Å². The monoisotopic (exact) mass is 416 g/mol. The van der Waals surface area contributed by atoms with Crippen LogP contribution in [0.3, 0.4) is 0 Å². The molecule has 5 saturated carbocycles. The van der Waals surface area contributed by atoms with Crippen molar-refractivity contribution in [2.45, 2.75) is 104 Å². The maximum atomic E-state index is 14.1. The van der Waals surface area contributed by atoms with Crippen molar-refractivity contribution in [1.29, 1.82) is 0 Å². The van der Waals surface area contributed by atoms with Gasteiger partial charge in [-0.3, -0.25) is 4.79 Å². The van der Waals surface area contributed by atoms with Crippen LogP contribution in [0.25, 0.3) is 0 Å². The average Bonchev–Trinajstić information content (AvgIpc) is 3.05. The lowest BCUT2D eigenvalue weighted by atomic mass is 9.44. The molecule has 3 heteroatoms. The summed E-state index contributed by atoms with van der Waals surface area (Å²) >= 11 is 0. The lowest BCUT2D eigenvalue weighted by Gasteiger charge is -2.60. The van der Waals surface area contributed by atoms with E-state index in [-0.39, 0.29) is 23.4 Å². The van der Waals surface area contributed by atoms with Crippen LogP contribution in [0, 0.1) is 58.2 Å². The fourth-order valence-corrected chi connectivity index (χ4v) is 10.4. The molecule has 0 heterocycles. The van der Waals surface area contributed by atoms with Crippen LogP contribution in [0.5, 0.6) is 0 Å². The van der Waals surface area contributed by atoms with E-state index in [4.69, 9.17) is 0 Å². The van der Waals surface area contributed by atoms with Crippen LogP contribution in [-0.2, 0) is 4.79 Å². The molecular formula is C27H44O3. The fourth-order valence-electron chi connectivity index (χ4n) is 10.4. The zero-order chi connectivity index (χ0) is 21.6. The highest BCUT2D eigenvalue weighted by molar-refractivity contribution is 5.89. The third kappa shape index (κ3) is 2.73. The Hall–Kier alpha value is -0.410. The van der Waals surface area contributed by atoms with Crippen molar-refractivity contribution in [1.82, 2.24) is 0 Å². The number of hydrogen-bond acceptors (Lipinski definition) is 3. The SMILES string of the molecule is CC(C)C[C@@]1(O)C[C@@H](C)[C@H]2[C@@H]1C(=O)[C@@H]1[C@@H]3CC[C@H]4C[C@@H](O)CC[C@]4(C)[C@H]3CC[C@]21C. The molecule has 30 heavy (non-hydrogen) atoms. The van der Waals surface area contributed by atoms with Crippen LogP contribution in [0.4, 0.5) is 0 Å². The smallest absolute Gasteiger partial charge is 0.143 e. The molecule has 11 atom stereocenters. The summed E-state index contributed by atoms with van der Waals surface area (Å²) in [4.78, 5) is 14.1. The molecule has 5 rings (SSSR count). The van der Waals surface area contributed by atoms with Crippen molar-refractivity contribution < 1.29 is 15.0 Å². The van der Waals surface area contributed by atoms with Gasteiger partial charge in [-0.05, 0) is 104 Å². The maximum Gasteiger partial charge on any atom is 0.143 e. The van der Waals surface area contributed by atoms with E-state index < -0.39 is 5.60 Å². The highest BCUT2D eigenvalue weighted by Gasteiger charge is 2.71. The highest BCUT2D eigenvalue weighted by Crippen LogP contribution is 2.71. The first-order chi connectivity index (χ1) is 14.0. The topological polar surface area (TPSA) is 57.5 Å². The molecule has 0 saturated heterocycles. The molecule has 5 fully saturated rings. The van der Waals surface area contributed by atoms with E-state index in [9.17, 15) is 15.0 Å². The second-order valence-electron chi connectivity index (χ2n) is 13.3. The van der Waals surface area contributed by atoms with Crippen LogP contribution in [0.1, 0.15) is 92.4 Å². The predicted octanol–water partition coefficient (Wildman–Crippen LogP) is 5.23. The van der Waals surface area contributed by atoms with Gasteiger partial charge < -0.3 is 10.2 Å². The van der Waals surface area contributed by atoms with E-state index in [1.807, 2.05) is 0 Å². The zero-order valence-corrected chi connectivity index (χ0v) is 19.9. The molecule has 0 spiro atoms. The molecule has 0 bridgehead atoms. The van der Waals surface area contributed by atoms with Crippen LogP contribution in [-0.4, -0.2) is 27.7 Å². The van der Waals surface area contributed by atoms with Gasteiger partial charge in [-0.1, -0.05) is 34.6 Å². The van der Waals surface area contributed by atoms with Crippen molar-refractivity contribution in [3.63, 3.8) is 0 Å². The molecule has 0 radical (unpaired) electrons. The maximum absolute atomic E-state index is 14.1. The normalized spacial score (nSPS) is 57.7. The molecule has 2 N–H and O–H groups in total. The van der Waals surface area contributed by atoms with Gasteiger partial charge >= 0.3 is 0 Å². The Kier molecular flexibility index (Phi) is 4.86. The number of carbonyl (C=O) groups is 1. The Morgan fingerprint density at radius 1 is 1.03 bits per heavy atom. The Morgan fingerprint density at radius 3 is 2.43 bits per heavy atom. The Labute approximate surface area is 183 Å². The molecule has 0 aromatic rings. The van der Waals surface area contributed by atoms with Crippen molar-refractivity contribution in [3.8, 4) is 0 Å². The second kappa shape index (κ2) is 6.80. The molecule has 0 aromatic carbocycles. The number of carbonyl (C=O) groups excluding carboxylic acids is 1. The summed E-state index contributed by atoms with van der Waals surface area (Å²) in [6.45, 7) is 11.6. The van der Waals surface area contributed by atoms with Gasteiger partial charge in [-0.2, -0.15) is 0 Å². The number of aliphatic hydroxyl groups excluding tert-OH is 1. The second-order valence-corrected chi connectivity index (χ2v) is 13.3. The number of rotatable bonds is 2. The van der Waals surface area contributed by atoms with Crippen LogP contribution in [0.15, 0.2) is 0 Å². The molecular weight excluding hydrogens is 372 g/mol. The van der Waals surface area contributed by atoms with Gasteiger partial charge in [0, 0.05) is 5.92 Å². The standard InChI is InChI=1S/C27H44O3/c1-15(2)13-27(30)14-16(3)21-23(27)24(29)22-19-7-6-17-12-18(28)8-10-25(17,4)20(19)9-11-26(21,22)5/h15-23,28,30H,6-14H2,1-5H3/t16-,17+,18+,19-,20+,21+,22+,23-,25+,26-,27-/m1/s1. The largest absolute Gasteiger partial charge is 0.393 e. The van der Waals surface area contributed by atoms with E-state index in [1.54, 1.807) is 0 Å². The summed E-state index contributed by atoms with van der Waals surface area (Å²) in [6, 6.07) is 0. The zero-order valence-electron chi connectivity index (χ0n) is 19.9. The van der Waals surface area contributed by atoms with Crippen molar-refractivity contribution in [2.24, 2.45) is 58.2 Å². The van der Waals surface area contributed by atoms with Crippen molar-refractivity contribution >= 4 is 5.78 Å². The van der Waals surface area contributed by atoms with Crippen molar-refractivity contribution in [2.75, 3.05) is 0 Å². The summed E-state index contributed by atoms with van der Waals surface area (Å²) in [5.74, 6) is 3.40. The minimum atomic E-state index is -0.790. The molecule has 0 aromatic heterocycles. The number of ketones is 1. The van der Waals surface area contributed by atoms with Crippen LogP contribution >= 0.6 is 0 Å². The van der Waals surface area contributed by atoms with Gasteiger partial charge in [0.05, 0.1) is 17.6 Å². The van der Waals surface area contributed by atoms with Crippen LogP contribution < -0.4 is 0 Å². The first kappa shape index (κ1) is 21.4. The van der Waals surface area contributed by atoms with E-state index in [0.717, 1.165) is 44.9 Å². The molecule has 0 aliphatic heterocycles. The summed E-state index contributed by atoms with van der Waals surface area (Å²) < 4.78 is 0.